The molecule has 24 heavy (non-hydrogen) atoms. The van der Waals surface area contributed by atoms with Crippen LogP contribution in [0.1, 0.15) is 30.8 Å². The van der Waals surface area contributed by atoms with Crippen molar-refractivity contribution in [3.63, 3.8) is 0 Å². The van der Waals surface area contributed by atoms with Crippen LogP contribution in [0.4, 0.5) is 0 Å². The van der Waals surface area contributed by atoms with Gasteiger partial charge in [0.15, 0.2) is 5.82 Å². The Morgan fingerprint density at radius 2 is 2.25 bits per heavy atom. The van der Waals surface area contributed by atoms with Crippen LogP contribution in [0, 0.1) is 12.8 Å². The lowest BCUT2D eigenvalue weighted by Crippen LogP contribution is -2.48. The third-order valence-corrected chi connectivity index (χ3v) is 5.57. The standard InChI is InChI=1S/C16H25N7O/c1-4-23-14(7-17-20-23)10-22-9-13-8-21(3)6-5-16(13,11-22)15-18-12(2)19-24-15/h7,13H,4-6,8-11H2,1-3H3/t13-,16-/m1/s1. The van der Waals surface area contributed by atoms with Gasteiger partial charge >= 0.3 is 0 Å². The number of hydrogen-bond donors (Lipinski definition) is 0. The largest absolute Gasteiger partial charge is 0.339 e. The number of piperidine rings is 1. The second kappa shape index (κ2) is 5.93. The van der Waals surface area contributed by atoms with Crippen LogP contribution in [0.2, 0.25) is 0 Å². The van der Waals surface area contributed by atoms with E-state index in [0.29, 0.717) is 5.92 Å². The van der Waals surface area contributed by atoms with E-state index in [9.17, 15) is 0 Å². The fourth-order valence-electron chi connectivity index (χ4n) is 4.32. The highest BCUT2D eigenvalue weighted by Gasteiger charge is 2.53. The van der Waals surface area contributed by atoms with Gasteiger partial charge in [0, 0.05) is 32.7 Å². The van der Waals surface area contributed by atoms with E-state index in [1.807, 2.05) is 17.8 Å². The minimum Gasteiger partial charge on any atom is -0.339 e. The molecule has 2 fully saturated rings. The van der Waals surface area contributed by atoms with Crippen LogP contribution in [-0.4, -0.2) is 68.2 Å². The average Bonchev–Trinajstić information content (AvgIpc) is 3.26. The van der Waals surface area contributed by atoms with Gasteiger partial charge in [-0.25, -0.2) is 4.68 Å². The maximum absolute atomic E-state index is 5.64. The van der Waals surface area contributed by atoms with Gasteiger partial charge in [0.1, 0.15) is 0 Å². The van der Waals surface area contributed by atoms with Crippen molar-refractivity contribution in [2.75, 3.05) is 33.2 Å². The predicted molar refractivity (Wildman–Crippen MR) is 87.3 cm³/mol. The fraction of sp³-hybridized carbons (Fsp3) is 0.750. The van der Waals surface area contributed by atoms with Gasteiger partial charge < -0.3 is 9.42 Å². The molecule has 0 saturated carbocycles. The van der Waals surface area contributed by atoms with E-state index in [2.05, 4.69) is 44.2 Å². The molecule has 4 rings (SSSR count). The molecule has 0 N–H and O–H groups in total. The first-order valence-electron chi connectivity index (χ1n) is 8.70. The Bertz CT molecular complexity index is 711. The number of rotatable bonds is 4. The molecule has 2 aliphatic rings. The molecule has 2 atom stereocenters. The van der Waals surface area contributed by atoms with Crippen molar-refractivity contribution < 1.29 is 4.52 Å². The van der Waals surface area contributed by atoms with Gasteiger partial charge in [-0.15, -0.1) is 5.10 Å². The SMILES string of the molecule is CCn1nncc1CN1C[C@H]2CN(C)CC[C@@]2(c2nc(C)no2)C1. The van der Waals surface area contributed by atoms with Crippen LogP contribution in [0.25, 0.3) is 0 Å². The summed E-state index contributed by atoms with van der Waals surface area (Å²) in [5, 5.41) is 12.3. The fourth-order valence-corrected chi connectivity index (χ4v) is 4.32. The number of hydrogen-bond acceptors (Lipinski definition) is 7. The van der Waals surface area contributed by atoms with Crippen molar-refractivity contribution in [1.82, 2.24) is 34.9 Å². The third kappa shape index (κ3) is 2.53. The minimum absolute atomic E-state index is 0.0156. The first-order chi connectivity index (χ1) is 11.6. The summed E-state index contributed by atoms with van der Waals surface area (Å²) >= 11 is 0. The number of likely N-dealkylation sites (tertiary alicyclic amines) is 2. The summed E-state index contributed by atoms with van der Waals surface area (Å²) in [5.41, 5.74) is 1.15. The van der Waals surface area contributed by atoms with Gasteiger partial charge in [-0.05, 0) is 39.8 Å². The molecule has 2 aromatic heterocycles. The van der Waals surface area contributed by atoms with Crippen molar-refractivity contribution in [3.05, 3.63) is 23.6 Å². The van der Waals surface area contributed by atoms with Crippen molar-refractivity contribution in [2.24, 2.45) is 5.92 Å². The molecule has 0 aromatic carbocycles. The Morgan fingerprint density at radius 3 is 3.00 bits per heavy atom. The lowest BCUT2D eigenvalue weighted by Gasteiger charge is -2.39. The van der Waals surface area contributed by atoms with Gasteiger partial charge in [0.05, 0.1) is 17.3 Å². The maximum atomic E-state index is 5.64. The quantitative estimate of drug-likeness (QED) is 0.816. The maximum Gasteiger partial charge on any atom is 0.234 e. The molecule has 0 spiro atoms. The van der Waals surface area contributed by atoms with E-state index in [0.717, 1.165) is 57.4 Å². The molecule has 0 radical (unpaired) electrons. The molecule has 2 aromatic rings. The summed E-state index contributed by atoms with van der Waals surface area (Å²) in [7, 11) is 2.20. The van der Waals surface area contributed by atoms with E-state index >= 15 is 0 Å². The van der Waals surface area contributed by atoms with Gasteiger partial charge in [-0.2, -0.15) is 4.98 Å². The van der Waals surface area contributed by atoms with Crippen LogP contribution in [-0.2, 0) is 18.5 Å². The van der Waals surface area contributed by atoms with Crippen molar-refractivity contribution in [2.45, 2.75) is 38.8 Å². The zero-order valence-electron chi connectivity index (χ0n) is 14.6. The first kappa shape index (κ1) is 15.7. The second-order valence-electron chi connectivity index (χ2n) is 7.22. The summed E-state index contributed by atoms with van der Waals surface area (Å²) in [6, 6.07) is 0. The summed E-state index contributed by atoms with van der Waals surface area (Å²) < 4.78 is 7.61. The molecule has 0 aliphatic carbocycles. The summed E-state index contributed by atoms with van der Waals surface area (Å²) in [6.45, 7) is 9.86. The highest BCUT2D eigenvalue weighted by molar-refractivity contribution is 5.17. The molecule has 8 heteroatoms. The molecular formula is C16H25N7O. The second-order valence-corrected chi connectivity index (χ2v) is 7.22. The molecule has 8 nitrogen and oxygen atoms in total. The zero-order valence-corrected chi connectivity index (χ0v) is 14.6. The van der Waals surface area contributed by atoms with E-state index in [1.165, 1.54) is 5.69 Å². The minimum atomic E-state index is -0.0156. The highest BCUT2D eigenvalue weighted by Crippen LogP contribution is 2.44. The topological polar surface area (TPSA) is 76.1 Å². The van der Waals surface area contributed by atoms with Gasteiger partial charge in [-0.1, -0.05) is 10.4 Å². The Morgan fingerprint density at radius 1 is 1.38 bits per heavy atom. The summed E-state index contributed by atoms with van der Waals surface area (Å²) in [4.78, 5) is 9.51. The summed E-state index contributed by atoms with van der Waals surface area (Å²) in [6.07, 6.45) is 2.94. The molecular weight excluding hydrogens is 306 g/mol. The predicted octanol–water partition coefficient (Wildman–Crippen LogP) is 0.695. The molecule has 130 valence electrons. The first-order valence-corrected chi connectivity index (χ1v) is 8.70. The highest BCUT2D eigenvalue weighted by atomic mass is 16.5. The van der Waals surface area contributed by atoms with E-state index in [-0.39, 0.29) is 5.41 Å². The number of aryl methyl sites for hydroxylation is 2. The van der Waals surface area contributed by atoms with Crippen LogP contribution in [0.5, 0.6) is 0 Å². The van der Waals surface area contributed by atoms with Crippen molar-refractivity contribution in [3.8, 4) is 0 Å². The molecule has 4 heterocycles. The lowest BCUT2D eigenvalue weighted by molar-refractivity contribution is 0.118. The zero-order chi connectivity index (χ0) is 16.7. The lowest BCUT2D eigenvalue weighted by atomic mass is 9.72. The normalized spacial score (nSPS) is 28.4. The smallest absolute Gasteiger partial charge is 0.234 e. The van der Waals surface area contributed by atoms with Crippen molar-refractivity contribution >= 4 is 0 Å². The number of aromatic nitrogens is 5. The Kier molecular flexibility index (Phi) is 3.88. The van der Waals surface area contributed by atoms with Crippen LogP contribution < -0.4 is 0 Å². The van der Waals surface area contributed by atoms with E-state index < -0.39 is 0 Å². The molecule has 0 bridgehead atoms. The van der Waals surface area contributed by atoms with Crippen LogP contribution >= 0.6 is 0 Å². The number of nitrogens with zero attached hydrogens (tertiary/aromatic N) is 7. The van der Waals surface area contributed by atoms with Crippen LogP contribution in [0.15, 0.2) is 10.7 Å². The Hall–Kier alpha value is -1.80. The average molecular weight is 331 g/mol. The van der Waals surface area contributed by atoms with Gasteiger partial charge in [0.2, 0.25) is 5.89 Å². The van der Waals surface area contributed by atoms with Crippen molar-refractivity contribution in [1.29, 1.82) is 0 Å². The van der Waals surface area contributed by atoms with Gasteiger partial charge in [0.25, 0.3) is 0 Å². The monoisotopic (exact) mass is 331 g/mol. The molecule has 0 unspecified atom stereocenters. The Balaban J connectivity index is 1.60. The van der Waals surface area contributed by atoms with E-state index in [1.54, 1.807) is 0 Å². The molecule has 0 amide bonds. The third-order valence-electron chi connectivity index (χ3n) is 5.57. The van der Waals surface area contributed by atoms with Crippen LogP contribution in [0.3, 0.4) is 0 Å². The molecule has 2 aliphatic heterocycles. The van der Waals surface area contributed by atoms with E-state index in [4.69, 9.17) is 4.52 Å². The Labute approximate surface area is 141 Å². The summed E-state index contributed by atoms with van der Waals surface area (Å²) in [5.74, 6) is 2.06. The molecule has 2 saturated heterocycles. The van der Waals surface area contributed by atoms with Gasteiger partial charge in [-0.3, -0.25) is 4.90 Å². The number of fused-ring (bicyclic) bond motifs is 1.